The van der Waals surface area contributed by atoms with Gasteiger partial charge in [-0.3, -0.25) is 0 Å². The maximum absolute atomic E-state index is 12.3. The van der Waals surface area contributed by atoms with Gasteiger partial charge in [-0.15, -0.1) is 10.2 Å². The Hall–Kier alpha value is -1.77. The van der Waals surface area contributed by atoms with Crippen molar-refractivity contribution >= 4 is 10.0 Å². The Kier molecular flexibility index (Phi) is 4.17. The zero-order valence-corrected chi connectivity index (χ0v) is 12.2. The number of sulfonamides is 1. The summed E-state index contributed by atoms with van der Waals surface area (Å²) in [6.07, 6.45) is 1.52. The van der Waals surface area contributed by atoms with Crippen molar-refractivity contribution in [1.29, 1.82) is 0 Å². The average molecular weight is 295 g/mol. The summed E-state index contributed by atoms with van der Waals surface area (Å²) < 4.78 is 28.8. The summed E-state index contributed by atoms with van der Waals surface area (Å²) >= 11 is 0. The smallest absolute Gasteiger partial charge is 0.241 e. The second-order valence-electron chi connectivity index (χ2n) is 4.43. The first-order chi connectivity index (χ1) is 9.45. The van der Waals surface area contributed by atoms with E-state index in [-0.39, 0.29) is 11.4 Å². The molecule has 0 bridgehead atoms. The van der Waals surface area contributed by atoms with Gasteiger partial charge >= 0.3 is 0 Å². The Morgan fingerprint density at radius 1 is 1.40 bits per heavy atom. The lowest BCUT2D eigenvalue weighted by Gasteiger charge is -2.11. The van der Waals surface area contributed by atoms with Gasteiger partial charge in [0.15, 0.2) is 0 Å². The Morgan fingerprint density at radius 2 is 2.15 bits per heavy atom. The number of hydrogen-bond donors (Lipinski definition) is 2. The minimum Gasteiger partial charge on any atom is -0.326 e. The van der Waals surface area contributed by atoms with Crippen molar-refractivity contribution in [3.8, 4) is 0 Å². The summed E-state index contributed by atoms with van der Waals surface area (Å²) in [5, 5.41) is 7.54. The van der Waals surface area contributed by atoms with E-state index in [1.807, 2.05) is 6.07 Å². The van der Waals surface area contributed by atoms with E-state index in [9.17, 15) is 8.42 Å². The Morgan fingerprint density at radius 3 is 2.75 bits per heavy atom. The molecule has 1 aromatic heterocycles. The van der Waals surface area contributed by atoms with Crippen LogP contribution in [0, 0.1) is 6.92 Å². The third-order valence-electron chi connectivity index (χ3n) is 3.13. The Bertz CT molecular complexity index is 708. The highest BCUT2D eigenvalue weighted by molar-refractivity contribution is 7.89. The predicted octanol–water partition coefficient (Wildman–Crippen LogP) is 0.0607. The molecule has 0 atom stereocenters. The van der Waals surface area contributed by atoms with Gasteiger partial charge < -0.3 is 10.3 Å². The van der Waals surface area contributed by atoms with Crippen LogP contribution < -0.4 is 10.5 Å². The number of nitrogens with one attached hydrogen (secondary N) is 1. The van der Waals surface area contributed by atoms with Crippen molar-refractivity contribution in [2.45, 2.75) is 24.9 Å². The average Bonchev–Trinajstić information content (AvgIpc) is 2.82. The van der Waals surface area contributed by atoms with E-state index >= 15 is 0 Å². The number of aromatic nitrogens is 3. The highest BCUT2D eigenvalue weighted by Crippen LogP contribution is 2.18. The molecule has 8 heteroatoms. The minimum atomic E-state index is -3.60. The van der Waals surface area contributed by atoms with E-state index in [4.69, 9.17) is 5.73 Å². The van der Waals surface area contributed by atoms with Crippen molar-refractivity contribution in [2.75, 3.05) is 0 Å². The highest BCUT2D eigenvalue weighted by atomic mass is 32.2. The second-order valence-corrected chi connectivity index (χ2v) is 6.16. The summed E-state index contributed by atoms with van der Waals surface area (Å²) in [6, 6.07) is 5.07. The van der Waals surface area contributed by atoms with Crippen LogP contribution in [0.4, 0.5) is 0 Å². The summed E-state index contributed by atoms with van der Waals surface area (Å²) in [6.45, 7) is 2.14. The molecule has 0 unspecified atom stereocenters. The lowest BCUT2D eigenvalue weighted by molar-refractivity contribution is 0.576. The van der Waals surface area contributed by atoms with Crippen molar-refractivity contribution in [2.24, 2.45) is 12.8 Å². The quantitative estimate of drug-likeness (QED) is 0.812. The molecular formula is C12H17N5O2S. The molecule has 0 spiro atoms. The topological polar surface area (TPSA) is 103 Å². The van der Waals surface area contributed by atoms with Gasteiger partial charge in [-0.05, 0) is 24.1 Å². The molecule has 1 aromatic carbocycles. The van der Waals surface area contributed by atoms with E-state index in [0.29, 0.717) is 17.9 Å². The lowest BCUT2D eigenvalue weighted by atomic mass is 10.1. The van der Waals surface area contributed by atoms with Crippen molar-refractivity contribution in [3.63, 3.8) is 0 Å². The van der Waals surface area contributed by atoms with Crippen LogP contribution in [-0.2, 0) is 30.2 Å². The molecule has 0 radical (unpaired) electrons. The van der Waals surface area contributed by atoms with Gasteiger partial charge in [-0.25, -0.2) is 13.1 Å². The molecule has 3 N–H and O–H groups in total. The van der Waals surface area contributed by atoms with Gasteiger partial charge in [-0.2, -0.15) is 0 Å². The Balaban J connectivity index is 2.25. The molecule has 2 rings (SSSR count). The third-order valence-corrected chi connectivity index (χ3v) is 4.68. The largest absolute Gasteiger partial charge is 0.326 e. The minimum absolute atomic E-state index is 0.0884. The molecule has 108 valence electrons. The fraction of sp³-hybridized carbons (Fsp3) is 0.333. The molecule has 0 aliphatic rings. The monoisotopic (exact) mass is 295 g/mol. The maximum Gasteiger partial charge on any atom is 0.241 e. The number of nitrogens with two attached hydrogens (primary N) is 1. The standard InChI is InChI=1S/C12H17N5O2S/c1-9-10(6-13)4-3-5-11(9)20(18,19)15-7-12-16-14-8-17(12)2/h3-5,8,15H,6-7,13H2,1-2H3. The molecule has 0 fully saturated rings. The summed E-state index contributed by atoms with van der Waals surface area (Å²) in [7, 11) is -1.85. The maximum atomic E-state index is 12.3. The number of nitrogens with zero attached hydrogens (tertiary/aromatic N) is 3. The SMILES string of the molecule is Cc1c(CN)cccc1S(=O)(=O)NCc1nncn1C. The summed E-state index contributed by atoms with van der Waals surface area (Å²) in [5.41, 5.74) is 7.08. The fourth-order valence-electron chi connectivity index (χ4n) is 1.88. The van der Waals surface area contributed by atoms with Crippen molar-refractivity contribution in [1.82, 2.24) is 19.5 Å². The molecule has 0 saturated carbocycles. The van der Waals surface area contributed by atoms with E-state index in [0.717, 1.165) is 5.56 Å². The number of benzene rings is 1. The third kappa shape index (κ3) is 2.87. The molecule has 20 heavy (non-hydrogen) atoms. The lowest BCUT2D eigenvalue weighted by Crippen LogP contribution is -2.25. The van der Waals surface area contributed by atoms with E-state index < -0.39 is 10.0 Å². The van der Waals surface area contributed by atoms with E-state index in [1.165, 1.54) is 6.33 Å². The number of hydrogen-bond acceptors (Lipinski definition) is 5. The van der Waals surface area contributed by atoms with Crippen molar-refractivity contribution < 1.29 is 8.42 Å². The predicted molar refractivity (Wildman–Crippen MR) is 74.1 cm³/mol. The number of rotatable bonds is 5. The summed E-state index contributed by atoms with van der Waals surface area (Å²) in [4.78, 5) is 0.239. The zero-order chi connectivity index (χ0) is 14.8. The molecular weight excluding hydrogens is 278 g/mol. The van der Waals surface area contributed by atoms with Gasteiger partial charge in [0.1, 0.15) is 12.2 Å². The molecule has 0 aliphatic carbocycles. The fourth-order valence-corrected chi connectivity index (χ4v) is 3.14. The Labute approximate surface area is 117 Å². The molecule has 1 heterocycles. The van der Waals surface area contributed by atoms with E-state index in [2.05, 4.69) is 14.9 Å². The highest BCUT2D eigenvalue weighted by Gasteiger charge is 2.18. The molecule has 2 aromatic rings. The van der Waals surface area contributed by atoms with Crippen LogP contribution in [0.25, 0.3) is 0 Å². The van der Waals surface area contributed by atoms with Gasteiger partial charge in [0.05, 0.1) is 11.4 Å². The van der Waals surface area contributed by atoms with Crippen LogP contribution in [0.1, 0.15) is 17.0 Å². The normalized spacial score (nSPS) is 11.8. The van der Waals surface area contributed by atoms with E-state index in [1.54, 1.807) is 30.7 Å². The van der Waals surface area contributed by atoms with Crippen LogP contribution in [-0.4, -0.2) is 23.2 Å². The van der Waals surface area contributed by atoms with Gasteiger partial charge in [-0.1, -0.05) is 12.1 Å². The molecule has 0 saturated heterocycles. The van der Waals surface area contributed by atoms with Gasteiger partial charge in [0.25, 0.3) is 0 Å². The first-order valence-electron chi connectivity index (χ1n) is 6.07. The van der Waals surface area contributed by atoms with Crippen LogP contribution >= 0.6 is 0 Å². The van der Waals surface area contributed by atoms with Crippen LogP contribution in [0.2, 0.25) is 0 Å². The van der Waals surface area contributed by atoms with Gasteiger partial charge in [0, 0.05) is 13.6 Å². The van der Waals surface area contributed by atoms with Crippen molar-refractivity contribution in [3.05, 3.63) is 41.5 Å². The summed E-state index contributed by atoms with van der Waals surface area (Å²) in [5.74, 6) is 0.543. The van der Waals surface area contributed by atoms with Gasteiger partial charge in [0.2, 0.25) is 10.0 Å². The zero-order valence-electron chi connectivity index (χ0n) is 11.4. The second kappa shape index (κ2) is 5.70. The molecule has 7 nitrogen and oxygen atoms in total. The molecule has 0 aliphatic heterocycles. The van der Waals surface area contributed by atoms with Crippen LogP contribution in [0.15, 0.2) is 29.4 Å². The first-order valence-corrected chi connectivity index (χ1v) is 7.55. The molecule has 0 amide bonds. The first kappa shape index (κ1) is 14.6. The van der Waals surface area contributed by atoms with Crippen LogP contribution in [0.3, 0.4) is 0 Å². The number of aryl methyl sites for hydroxylation is 1. The van der Waals surface area contributed by atoms with Crippen LogP contribution in [0.5, 0.6) is 0 Å².